The van der Waals surface area contributed by atoms with Gasteiger partial charge in [-0.15, -0.1) is 0 Å². The largest absolute Gasteiger partial charge is 3.00 e. The van der Waals surface area contributed by atoms with Crippen LogP contribution in [0.1, 0.15) is 0 Å². The zero-order chi connectivity index (χ0) is 5.15. The minimum Gasteiger partial charge on any atom is -2.00 e. The van der Waals surface area contributed by atoms with E-state index < -0.39 is 11.9 Å². The first-order chi connectivity index (χ1) is 2.64. The van der Waals surface area contributed by atoms with Crippen LogP contribution < -0.4 is 10.2 Å². The number of hydrogen-bond acceptors (Lipinski definition) is 4. The van der Waals surface area contributed by atoms with Crippen LogP contribution in [-0.2, 0) is 15.1 Å². The number of rotatable bonds is 0. The molecule has 0 aromatic carbocycles. The molecule has 8 heavy (non-hydrogen) atoms. The van der Waals surface area contributed by atoms with Gasteiger partial charge in [0.15, 0.2) is 0 Å². The summed E-state index contributed by atoms with van der Waals surface area (Å²) in [4.78, 5) is 17.9. The third-order valence-electron chi connectivity index (χ3n) is 0.167. The van der Waals surface area contributed by atoms with E-state index in [1.165, 1.54) is 0 Å². The molecule has 0 heterocycles. The van der Waals surface area contributed by atoms with Crippen LogP contribution in [0.5, 0.6) is 0 Å². The second-order valence-corrected chi connectivity index (χ2v) is 0.575. The van der Waals surface area contributed by atoms with Crippen LogP contribution in [-0.4, -0.2) is 36.4 Å². The molecule has 0 aliphatic heterocycles. The predicted molar refractivity (Wildman–Crippen MR) is 16.5 cm³/mol. The van der Waals surface area contributed by atoms with Gasteiger partial charge in [0.25, 0.3) is 0 Å². The number of carboxylic acids is 2. The van der Waals surface area contributed by atoms with Crippen molar-refractivity contribution in [2.45, 2.75) is 0 Å². The zero-order valence-corrected chi connectivity index (χ0v) is 6.04. The molecule has 0 N–H and O–H groups in total. The van der Waals surface area contributed by atoms with Gasteiger partial charge < -0.3 is 25.3 Å². The van der Waals surface area contributed by atoms with Crippen LogP contribution in [0.15, 0.2) is 0 Å². The van der Waals surface area contributed by atoms with E-state index in [9.17, 15) is 0 Å². The van der Waals surface area contributed by atoms with Gasteiger partial charge in [-0.3, -0.25) is 0 Å². The van der Waals surface area contributed by atoms with Gasteiger partial charge in [0.05, 0.1) is 11.9 Å². The van der Waals surface area contributed by atoms with Gasteiger partial charge in [-0.1, -0.05) is 0 Å². The van der Waals surface area contributed by atoms with Crippen LogP contribution in [0.2, 0.25) is 0 Å². The first-order valence-corrected chi connectivity index (χ1v) is 1.07. The second-order valence-electron chi connectivity index (χ2n) is 0.575. The summed E-state index contributed by atoms with van der Waals surface area (Å²) in [6.45, 7) is 0. The Morgan fingerprint density at radius 2 is 1.12 bits per heavy atom. The fourth-order valence-corrected chi connectivity index (χ4v) is 0. The molecular weight excluding hydrogens is 226 g/mol. The minimum atomic E-state index is -2.19. The first kappa shape index (κ1) is 15.6. The van der Waals surface area contributed by atoms with Crippen LogP contribution in [0.3, 0.4) is 0 Å². The summed E-state index contributed by atoms with van der Waals surface area (Å²) < 4.78 is 0. The number of hydrogen-bond donors (Lipinski definition) is 0. The molecule has 0 rings (SSSR count). The summed E-state index contributed by atoms with van der Waals surface area (Å²) in [5, 5.41) is 17.9. The summed E-state index contributed by atoms with van der Waals surface area (Å²) >= 11 is 0. The SMILES string of the molecule is O=C([O-])C(=O)[O-].[O-2].[Sb+3]. The third kappa shape index (κ3) is 9.21. The van der Waals surface area contributed by atoms with Gasteiger partial charge in [0.2, 0.25) is 0 Å². The number of aliphatic carboxylic acids is 2. The van der Waals surface area contributed by atoms with Crippen LogP contribution >= 0.6 is 0 Å². The summed E-state index contributed by atoms with van der Waals surface area (Å²) in [5.41, 5.74) is 0. The van der Waals surface area contributed by atoms with Crippen LogP contribution in [0, 0.1) is 0 Å². The number of carboxylic acid groups (broad SMARTS) is 2. The second kappa shape index (κ2) is 6.72. The van der Waals surface area contributed by atoms with E-state index in [0.29, 0.717) is 0 Å². The third-order valence-corrected chi connectivity index (χ3v) is 0.167. The quantitative estimate of drug-likeness (QED) is 0.309. The van der Waals surface area contributed by atoms with Gasteiger partial charge in [-0.25, -0.2) is 0 Å². The summed E-state index contributed by atoms with van der Waals surface area (Å²) in [5.74, 6) is -4.37. The average molecular weight is 226 g/mol. The Hall–Kier alpha value is -0.282. The van der Waals surface area contributed by atoms with E-state index in [1.807, 2.05) is 0 Å². The molecule has 6 heteroatoms. The molecule has 0 bridgehead atoms. The first-order valence-electron chi connectivity index (χ1n) is 1.07. The van der Waals surface area contributed by atoms with Crippen molar-refractivity contribution in [1.29, 1.82) is 0 Å². The van der Waals surface area contributed by atoms with Crippen molar-refractivity contribution in [3.05, 3.63) is 0 Å². The molecule has 0 unspecified atom stereocenters. The van der Waals surface area contributed by atoms with Crippen LogP contribution in [0.4, 0.5) is 0 Å². The molecule has 2 radical (unpaired) electrons. The molecule has 0 aliphatic rings. The Bertz CT molecular complexity index is 76.4. The molecule has 0 aliphatic carbocycles. The van der Waals surface area contributed by atoms with E-state index in [0.717, 1.165) is 0 Å². The van der Waals surface area contributed by atoms with Crippen LogP contribution in [0.25, 0.3) is 0 Å². The molecule has 0 spiro atoms. The predicted octanol–water partition coefficient (Wildman–Crippen LogP) is -4.01. The molecule has 44 valence electrons. The van der Waals surface area contributed by atoms with Gasteiger partial charge in [-0.05, 0) is 0 Å². The molecule has 0 fully saturated rings. The van der Waals surface area contributed by atoms with Gasteiger partial charge >= 0.3 is 24.4 Å². The van der Waals surface area contributed by atoms with Crippen molar-refractivity contribution in [2.75, 3.05) is 0 Å². The van der Waals surface area contributed by atoms with Crippen molar-refractivity contribution < 1.29 is 25.3 Å². The Kier molecular flexibility index (Phi) is 13.1. The maximum Gasteiger partial charge on any atom is 3.00 e. The van der Waals surface area contributed by atoms with Gasteiger partial charge in [0, 0.05) is 0 Å². The zero-order valence-electron chi connectivity index (χ0n) is 3.49. The fourth-order valence-electron chi connectivity index (χ4n) is 0. The van der Waals surface area contributed by atoms with E-state index in [-0.39, 0.29) is 29.9 Å². The maximum absolute atomic E-state index is 8.93. The molecule has 0 amide bonds. The Labute approximate surface area is 62.1 Å². The Balaban J connectivity index is -0.000000125. The molecule has 0 aromatic heterocycles. The maximum atomic E-state index is 8.93. The molecular formula is C2O5Sb-. The average Bonchev–Trinajstić information content (AvgIpc) is 1.36. The monoisotopic (exact) mass is 225 g/mol. The summed E-state index contributed by atoms with van der Waals surface area (Å²) in [6, 6.07) is 0. The van der Waals surface area contributed by atoms with E-state index in [2.05, 4.69) is 0 Å². The van der Waals surface area contributed by atoms with Crippen molar-refractivity contribution in [2.24, 2.45) is 0 Å². The molecule has 0 saturated carbocycles. The van der Waals surface area contributed by atoms with E-state index in [1.54, 1.807) is 0 Å². The minimum absolute atomic E-state index is 0. The topological polar surface area (TPSA) is 109 Å². The molecule has 0 aromatic rings. The van der Waals surface area contributed by atoms with E-state index >= 15 is 0 Å². The van der Waals surface area contributed by atoms with Gasteiger partial charge in [0.1, 0.15) is 0 Å². The van der Waals surface area contributed by atoms with E-state index in [4.69, 9.17) is 19.8 Å². The standard InChI is InChI=1S/C2H2O4.O.Sb/c3-1(4)2(5)6;;/h(H,3,4)(H,5,6);;/q;-2;+3/p-2. The number of carbonyl (C=O) groups is 2. The number of carbonyl (C=O) groups excluding carboxylic acids is 2. The summed E-state index contributed by atoms with van der Waals surface area (Å²) in [6.07, 6.45) is 0. The van der Waals surface area contributed by atoms with Gasteiger partial charge in [-0.2, -0.15) is 0 Å². The summed E-state index contributed by atoms with van der Waals surface area (Å²) in [7, 11) is 0. The molecule has 0 atom stereocenters. The Morgan fingerprint density at radius 1 is 1.00 bits per heavy atom. The smallest absolute Gasteiger partial charge is 2.00 e. The Morgan fingerprint density at radius 3 is 1.12 bits per heavy atom. The molecule has 5 nitrogen and oxygen atoms in total. The molecule has 0 saturated heterocycles. The van der Waals surface area contributed by atoms with Crippen molar-refractivity contribution >= 4 is 36.4 Å². The van der Waals surface area contributed by atoms with Crippen molar-refractivity contribution in [1.82, 2.24) is 0 Å². The van der Waals surface area contributed by atoms with Crippen molar-refractivity contribution in [3.63, 3.8) is 0 Å². The van der Waals surface area contributed by atoms with Crippen molar-refractivity contribution in [3.8, 4) is 0 Å². The fraction of sp³-hybridized carbons (Fsp3) is 0. The normalized spacial score (nSPS) is 5.50.